The minimum atomic E-state index is -1.08. The highest BCUT2D eigenvalue weighted by Gasteiger charge is 2.18. The van der Waals surface area contributed by atoms with Gasteiger partial charge in [-0.15, -0.1) is 0 Å². The predicted octanol–water partition coefficient (Wildman–Crippen LogP) is 4.51. The number of ketones is 1. The van der Waals surface area contributed by atoms with Gasteiger partial charge in [0, 0.05) is 30.8 Å². The number of alkyl carbamates (subject to hydrolysis) is 1. The fraction of sp³-hybridized carbons (Fsp3) is 0.348. The molecule has 0 unspecified atom stereocenters. The average molecular weight is 412 g/mol. The molecule has 0 radical (unpaired) electrons. The number of carboxylic acid groups (broad SMARTS) is 1. The van der Waals surface area contributed by atoms with Crippen molar-refractivity contribution in [2.45, 2.75) is 39.2 Å². The highest BCUT2D eigenvalue weighted by molar-refractivity contribution is 5.98. The Morgan fingerprint density at radius 2 is 1.73 bits per heavy atom. The molecule has 0 saturated carbocycles. The molecule has 0 aromatic heterocycles. The van der Waals surface area contributed by atoms with Crippen molar-refractivity contribution in [1.82, 2.24) is 5.32 Å². The highest BCUT2D eigenvalue weighted by atomic mass is 16.6. The zero-order chi connectivity index (χ0) is 22.1. The summed E-state index contributed by atoms with van der Waals surface area (Å²) in [5.74, 6) is -0.193. The van der Waals surface area contributed by atoms with Crippen LogP contribution in [0.15, 0.2) is 54.6 Å². The predicted molar refractivity (Wildman–Crippen MR) is 115 cm³/mol. The molecule has 0 saturated heterocycles. The summed E-state index contributed by atoms with van der Waals surface area (Å²) in [6.45, 7) is 5.69. The largest absolute Gasteiger partial charge is 0.465 e. The zero-order valence-electron chi connectivity index (χ0n) is 17.6. The Balaban J connectivity index is 1.97. The van der Waals surface area contributed by atoms with E-state index < -0.39 is 17.8 Å². The number of hydrogen-bond acceptors (Lipinski definition) is 4. The van der Waals surface area contributed by atoms with Crippen molar-refractivity contribution >= 4 is 23.7 Å². The van der Waals surface area contributed by atoms with E-state index in [-0.39, 0.29) is 25.3 Å². The van der Waals surface area contributed by atoms with Crippen molar-refractivity contribution in [3.05, 3.63) is 65.7 Å². The number of hydrogen-bond donors (Lipinski definition) is 2. The Labute approximate surface area is 176 Å². The Morgan fingerprint density at radius 1 is 1.03 bits per heavy atom. The molecule has 0 fully saturated rings. The Hall–Kier alpha value is -3.35. The van der Waals surface area contributed by atoms with Gasteiger partial charge < -0.3 is 15.2 Å². The molecule has 7 heteroatoms. The molecule has 2 aromatic rings. The van der Waals surface area contributed by atoms with Gasteiger partial charge in [0.1, 0.15) is 5.60 Å². The van der Waals surface area contributed by atoms with Gasteiger partial charge in [0.25, 0.3) is 0 Å². The van der Waals surface area contributed by atoms with Crippen LogP contribution in [0.3, 0.4) is 0 Å². The molecule has 0 aliphatic carbocycles. The Morgan fingerprint density at radius 3 is 2.37 bits per heavy atom. The molecule has 0 aliphatic heterocycles. The minimum absolute atomic E-state index is 0.0831. The van der Waals surface area contributed by atoms with Gasteiger partial charge in [-0.3, -0.25) is 9.69 Å². The van der Waals surface area contributed by atoms with Crippen molar-refractivity contribution in [2.75, 3.05) is 18.0 Å². The Kier molecular flexibility index (Phi) is 7.98. The molecule has 7 nitrogen and oxygen atoms in total. The standard InChI is InChI=1S/C23H28N2O5/c1-23(2,3)30-21(27)24-14-12-20(26)18-10-7-11-19(16-18)25(22(28)29)15-13-17-8-5-4-6-9-17/h4-11,16H,12-15H2,1-3H3,(H,24,27)(H,28,29). The second-order valence-electron chi connectivity index (χ2n) is 7.82. The van der Waals surface area contributed by atoms with Gasteiger partial charge in [-0.25, -0.2) is 9.59 Å². The van der Waals surface area contributed by atoms with Crippen LogP contribution >= 0.6 is 0 Å². The highest BCUT2D eigenvalue weighted by Crippen LogP contribution is 2.18. The molecular weight excluding hydrogens is 384 g/mol. The van der Waals surface area contributed by atoms with E-state index in [9.17, 15) is 19.5 Å². The molecule has 0 atom stereocenters. The van der Waals surface area contributed by atoms with Crippen LogP contribution in [0.1, 0.15) is 43.1 Å². The first-order chi connectivity index (χ1) is 14.2. The van der Waals surface area contributed by atoms with Crippen LogP contribution in [0.2, 0.25) is 0 Å². The summed E-state index contributed by atoms with van der Waals surface area (Å²) in [6, 6.07) is 16.1. The minimum Gasteiger partial charge on any atom is -0.465 e. The summed E-state index contributed by atoms with van der Waals surface area (Å²) in [7, 11) is 0. The van der Waals surface area contributed by atoms with Crippen molar-refractivity contribution < 1.29 is 24.2 Å². The number of ether oxygens (including phenoxy) is 1. The number of benzene rings is 2. The van der Waals surface area contributed by atoms with Crippen LogP contribution in [0, 0.1) is 0 Å². The van der Waals surface area contributed by atoms with Gasteiger partial charge >= 0.3 is 12.2 Å². The van der Waals surface area contributed by atoms with E-state index in [1.54, 1.807) is 45.0 Å². The molecule has 0 bridgehead atoms. The number of anilines is 1. The number of amides is 2. The molecule has 2 aromatic carbocycles. The van der Waals surface area contributed by atoms with Crippen molar-refractivity contribution in [3.63, 3.8) is 0 Å². The summed E-state index contributed by atoms with van der Waals surface area (Å²) in [5, 5.41) is 12.2. The monoisotopic (exact) mass is 412 g/mol. The fourth-order valence-electron chi connectivity index (χ4n) is 2.80. The van der Waals surface area contributed by atoms with Crippen LogP contribution in [0.25, 0.3) is 0 Å². The van der Waals surface area contributed by atoms with Gasteiger partial charge in [0.2, 0.25) is 0 Å². The number of Topliss-reactive ketones (excluding diaryl/α,β-unsaturated/α-hetero) is 1. The van der Waals surface area contributed by atoms with Crippen LogP contribution in [0.4, 0.5) is 15.3 Å². The first kappa shape index (κ1) is 22.9. The lowest BCUT2D eigenvalue weighted by Crippen LogP contribution is -2.33. The first-order valence-electron chi connectivity index (χ1n) is 9.80. The third kappa shape index (κ3) is 7.58. The first-order valence-corrected chi connectivity index (χ1v) is 9.80. The van der Waals surface area contributed by atoms with Gasteiger partial charge in [0.15, 0.2) is 5.78 Å². The molecular formula is C23H28N2O5. The van der Waals surface area contributed by atoms with Gasteiger partial charge in [-0.05, 0) is 44.9 Å². The Bertz CT molecular complexity index is 875. The molecule has 2 amide bonds. The summed E-state index contributed by atoms with van der Waals surface area (Å²) in [6.07, 6.45) is -1.02. The average Bonchev–Trinajstić information content (AvgIpc) is 2.67. The lowest BCUT2D eigenvalue weighted by atomic mass is 10.1. The van der Waals surface area contributed by atoms with Crippen molar-refractivity contribution in [2.24, 2.45) is 0 Å². The van der Waals surface area contributed by atoms with Gasteiger partial charge in [-0.1, -0.05) is 42.5 Å². The van der Waals surface area contributed by atoms with E-state index in [1.165, 1.54) is 4.90 Å². The summed E-state index contributed by atoms with van der Waals surface area (Å²) >= 11 is 0. The van der Waals surface area contributed by atoms with E-state index in [1.807, 2.05) is 30.3 Å². The molecule has 0 aliphatic rings. The van der Waals surface area contributed by atoms with Crippen molar-refractivity contribution in [3.8, 4) is 0 Å². The topological polar surface area (TPSA) is 95.9 Å². The van der Waals surface area contributed by atoms with Crippen LogP contribution in [-0.4, -0.2) is 41.8 Å². The molecule has 160 valence electrons. The van der Waals surface area contributed by atoms with E-state index in [0.717, 1.165) is 5.56 Å². The van der Waals surface area contributed by atoms with E-state index in [0.29, 0.717) is 17.7 Å². The normalized spacial score (nSPS) is 10.9. The van der Waals surface area contributed by atoms with E-state index >= 15 is 0 Å². The second kappa shape index (κ2) is 10.4. The molecule has 2 rings (SSSR count). The van der Waals surface area contributed by atoms with Gasteiger partial charge in [-0.2, -0.15) is 0 Å². The number of nitrogens with zero attached hydrogens (tertiary/aromatic N) is 1. The number of nitrogens with one attached hydrogen (secondary N) is 1. The molecule has 30 heavy (non-hydrogen) atoms. The van der Waals surface area contributed by atoms with E-state index in [4.69, 9.17) is 4.74 Å². The third-order valence-electron chi connectivity index (χ3n) is 4.20. The number of rotatable bonds is 8. The second-order valence-corrected chi connectivity index (χ2v) is 7.82. The maximum atomic E-state index is 12.5. The number of carbonyl (C=O) groups is 3. The summed E-state index contributed by atoms with van der Waals surface area (Å²) < 4.78 is 5.13. The lowest BCUT2D eigenvalue weighted by Gasteiger charge is -2.20. The zero-order valence-corrected chi connectivity index (χ0v) is 17.6. The lowest BCUT2D eigenvalue weighted by molar-refractivity contribution is 0.0527. The van der Waals surface area contributed by atoms with Crippen LogP contribution in [0.5, 0.6) is 0 Å². The third-order valence-corrected chi connectivity index (χ3v) is 4.20. The molecule has 0 heterocycles. The van der Waals surface area contributed by atoms with Gasteiger partial charge in [0.05, 0.1) is 0 Å². The summed E-state index contributed by atoms with van der Waals surface area (Å²) in [5.41, 5.74) is 1.25. The fourth-order valence-corrected chi connectivity index (χ4v) is 2.80. The van der Waals surface area contributed by atoms with Crippen LogP contribution in [-0.2, 0) is 11.2 Å². The molecule has 0 spiro atoms. The molecule has 2 N–H and O–H groups in total. The summed E-state index contributed by atoms with van der Waals surface area (Å²) in [4.78, 5) is 37.1. The SMILES string of the molecule is CC(C)(C)OC(=O)NCCC(=O)c1cccc(N(CCc2ccccc2)C(=O)O)c1. The maximum Gasteiger partial charge on any atom is 0.411 e. The maximum absolute atomic E-state index is 12.5. The quantitative estimate of drug-likeness (QED) is 0.622. The number of carbonyl (C=O) groups excluding carboxylic acids is 2. The van der Waals surface area contributed by atoms with E-state index in [2.05, 4.69) is 5.32 Å². The van der Waals surface area contributed by atoms with Crippen LogP contribution < -0.4 is 10.2 Å². The van der Waals surface area contributed by atoms with Crippen molar-refractivity contribution in [1.29, 1.82) is 0 Å². The smallest absolute Gasteiger partial charge is 0.411 e.